The van der Waals surface area contributed by atoms with Crippen molar-refractivity contribution in [1.29, 1.82) is 0 Å². The normalized spacial score (nSPS) is 15.3. The first-order valence-corrected chi connectivity index (χ1v) is 8.20. The minimum absolute atomic E-state index is 0.0119. The third-order valence-corrected chi connectivity index (χ3v) is 3.94. The van der Waals surface area contributed by atoms with Crippen LogP contribution in [-0.2, 0) is 9.59 Å². The van der Waals surface area contributed by atoms with Crippen LogP contribution in [-0.4, -0.2) is 35.0 Å². The molecule has 0 aromatic carbocycles. The van der Waals surface area contributed by atoms with E-state index in [4.69, 9.17) is 5.11 Å². The van der Waals surface area contributed by atoms with Crippen molar-refractivity contribution in [2.24, 2.45) is 0 Å². The van der Waals surface area contributed by atoms with Crippen LogP contribution in [0.3, 0.4) is 0 Å². The molecule has 4 nitrogen and oxygen atoms in total. The van der Waals surface area contributed by atoms with E-state index in [1.54, 1.807) is 0 Å². The summed E-state index contributed by atoms with van der Waals surface area (Å²) in [6, 6.07) is 0. The number of unbranched alkanes of at least 4 members (excludes halogenated alkanes) is 9. The number of aliphatic hydroxyl groups is 1. The van der Waals surface area contributed by atoms with Gasteiger partial charge in [-0.3, -0.25) is 14.5 Å². The first kappa shape index (κ1) is 17.2. The Hall–Kier alpha value is -0.900. The van der Waals surface area contributed by atoms with E-state index in [-0.39, 0.29) is 11.8 Å². The predicted molar refractivity (Wildman–Crippen MR) is 79.2 cm³/mol. The largest absolute Gasteiger partial charge is 0.396 e. The van der Waals surface area contributed by atoms with E-state index in [1.807, 2.05) is 0 Å². The zero-order valence-corrected chi connectivity index (χ0v) is 12.6. The Morgan fingerprint density at radius 3 is 1.55 bits per heavy atom. The Kier molecular flexibility index (Phi) is 9.29. The molecule has 0 aliphatic carbocycles. The van der Waals surface area contributed by atoms with Crippen molar-refractivity contribution in [3.05, 3.63) is 0 Å². The molecule has 1 heterocycles. The molecule has 0 aromatic heterocycles. The number of amides is 2. The smallest absolute Gasteiger partial charge is 0.229 e. The van der Waals surface area contributed by atoms with Gasteiger partial charge in [0.2, 0.25) is 11.8 Å². The van der Waals surface area contributed by atoms with Crippen molar-refractivity contribution < 1.29 is 14.7 Å². The molecular weight excluding hydrogens is 254 g/mol. The molecule has 1 aliphatic rings. The summed E-state index contributed by atoms with van der Waals surface area (Å²) in [6.45, 7) is 0.945. The highest BCUT2D eigenvalue weighted by atomic mass is 16.3. The predicted octanol–water partition coefficient (Wildman–Crippen LogP) is 3.03. The number of rotatable bonds is 12. The van der Waals surface area contributed by atoms with E-state index in [0.29, 0.717) is 26.0 Å². The quantitative estimate of drug-likeness (QED) is 0.442. The standard InChI is InChI=1S/C16H29NO3/c18-14-10-8-6-4-2-1-3-5-7-9-13-17-15(19)11-12-16(17)20/h18H,1-14H2. The summed E-state index contributed by atoms with van der Waals surface area (Å²) in [5, 5.41) is 8.66. The van der Waals surface area contributed by atoms with Gasteiger partial charge < -0.3 is 5.11 Å². The van der Waals surface area contributed by atoms with E-state index < -0.39 is 0 Å². The highest BCUT2D eigenvalue weighted by Gasteiger charge is 2.27. The molecular formula is C16H29NO3. The second kappa shape index (κ2) is 10.8. The highest BCUT2D eigenvalue weighted by Crippen LogP contribution is 2.14. The number of imide groups is 1. The minimum Gasteiger partial charge on any atom is -0.396 e. The summed E-state index contributed by atoms with van der Waals surface area (Å²) in [4.78, 5) is 24.2. The first-order valence-electron chi connectivity index (χ1n) is 8.20. The van der Waals surface area contributed by atoms with Crippen LogP contribution in [0.5, 0.6) is 0 Å². The zero-order chi connectivity index (χ0) is 14.6. The molecule has 1 aliphatic heterocycles. The van der Waals surface area contributed by atoms with Gasteiger partial charge in [0.15, 0.2) is 0 Å². The summed E-state index contributed by atoms with van der Waals surface area (Å²) in [7, 11) is 0. The Morgan fingerprint density at radius 1 is 0.700 bits per heavy atom. The van der Waals surface area contributed by atoms with E-state index in [0.717, 1.165) is 25.7 Å². The van der Waals surface area contributed by atoms with Gasteiger partial charge >= 0.3 is 0 Å². The van der Waals surface area contributed by atoms with Crippen LogP contribution in [0.1, 0.15) is 77.0 Å². The van der Waals surface area contributed by atoms with Crippen LogP contribution in [0, 0.1) is 0 Å². The Labute approximate surface area is 122 Å². The molecule has 1 N–H and O–H groups in total. The molecule has 0 spiro atoms. The lowest BCUT2D eigenvalue weighted by atomic mass is 10.1. The Bertz CT molecular complexity index is 275. The lowest BCUT2D eigenvalue weighted by molar-refractivity contribution is -0.138. The molecule has 20 heavy (non-hydrogen) atoms. The molecule has 0 unspecified atom stereocenters. The third kappa shape index (κ3) is 7.04. The molecule has 2 amide bonds. The van der Waals surface area contributed by atoms with Gasteiger partial charge in [0.05, 0.1) is 0 Å². The lowest BCUT2D eigenvalue weighted by Gasteiger charge is -2.13. The lowest BCUT2D eigenvalue weighted by Crippen LogP contribution is -2.29. The molecule has 0 saturated carbocycles. The number of carbonyl (C=O) groups excluding carboxylic acids is 2. The van der Waals surface area contributed by atoms with E-state index in [2.05, 4.69) is 0 Å². The molecule has 0 bridgehead atoms. The van der Waals surface area contributed by atoms with Gasteiger partial charge in [0.1, 0.15) is 0 Å². The molecule has 1 fully saturated rings. The average Bonchev–Trinajstić information content (AvgIpc) is 2.76. The molecule has 1 rings (SSSR count). The summed E-state index contributed by atoms with van der Waals surface area (Å²) in [5.41, 5.74) is 0. The molecule has 116 valence electrons. The van der Waals surface area contributed by atoms with Crippen LogP contribution < -0.4 is 0 Å². The van der Waals surface area contributed by atoms with Crippen LogP contribution >= 0.6 is 0 Å². The van der Waals surface area contributed by atoms with E-state index in [1.165, 1.54) is 43.4 Å². The fraction of sp³-hybridized carbons (Fsp3) is 0.875. The fourth-order valence-electron chi connectivity index (χ4n) is 2.67. The maximum atomic E-state index is 11.4. The van der Waals surface area contributed by atoms with Gasteiger partial charge in [-0.05, 0) is 12.8 Å². The Morgan fingerprint density at radius 2 is 1.10 bits per heavy atom. The number of likely N-dealkylation sites (tertiary alicyclic amines) is 1. The highest BCUT2D eigenvalue weighted by molar-refractivity contribution is 6.01. The van der Waals surface area contributed by atoms with Crippen molar-refractivity contribution >= 4 is 11.8 Å². The maximum Gasteiger partial charge on any atom is 0.229 e. The van der Waals surface area contributed by atoms with Crippen molar-refractivity contribution in [2.75, 3.05) is 13.2 Å². The van der Waals surface area contributed by atoms with E-state index >= 15 is 0 Å². The second-order valence-electron chi connectivity index (χ2n) is 5.70. The molecule has 1 saturated heterocycles. The summed E-state index contributed by atoms with van der Waals surface area (Å²) < 4.78 is 0. The van der Waals surface area contributed by atoms with Gasteiger partial charge in [0.25, 0.3) is 0 Å². The summed E-state index contributed by atoms with van der Waals surface area (Å²) in [6.07, 6.45) is 12.5. The number of carbonyl (C=O) groups is 2. The van der Waals surface area contributed by atoms with Gasteiger partial charge in [0, 0.05) is 26.0 Å². The molecule has 0 aromatic rings. The van der Waals surface area contributed by atoms with Crippen LogP contribution in [0.25, 0.3) is 0 Å². The van der Waals surface area contributed by atoms with Gasteiger partial charge in [-0.1, -0.05) is 51.4 Å². The van der Waals surface area contributed by atoms with Crippen LogP contribution in [0.4, 0.5) is 0 Å². The number of hydrogen-bond donors (Lipinski definition) is 1. The van der Waals surface area contributed by atoms with Crippen molar-refractivity contribution in [3.63, 3.8) is 0 Å². The monoisotopic (exact) mass is 283 g/mol. The molecule has 4 heteroatoms. The topological polar surface area (TPSA) is 57.6 Å². The maximum absolute atomic E-state index is 11.4. The van der Waals surface area contributed by atoms with Crippen molar-refractivity contribution in [3.8, 4) is 0 Å². The van der Waals surface area contributed by atoms with E-state index in [9.17, 15) is 9.59 Å². The zero-order valence-electron chi connectivity index (χ0n) is 12.6. The molecule has 0 atom stereocenters. The minimum atomic E-state index is 0.0119. The average molecular weight is 283 g/mol. The Balaban J connectivity index is 1.83. The molecule has 0 radical (unpaired) electrons. The van der Waals surface area contributed by atoms with Crippen molar-refractivity contribution in [1.82, 2.24) is 4.90 Å². The van der Waals surface area contributed by atoms with Gasteiger partial charge in [-0.25, -0.2) is 0 Å². The first-order chi connectivity index (χ1) is 9.75. The second-order valence-corrected chi connectivity index (χ2v) is 5.70. The summed E-state index contributed by atoms with van der Waals surface area (Å²) in [5.74, 6) is 0.0239. The number of aliphatic hydroxyl groups excluding tert-OH is 1. The third-order valence-electron chi connectivity index (χ3n) is 3.94. The van der Waals surface area contributed by atoms with Crippen LogP contribution in [0.2, 0.25) is 0 Å². The fourth-order valence-corrected chi connectivity index (χ4v) is 2.67. The number of nitrogens with zero attached hydrogens (tertiary/aromatic N) is 1. The number of hydrogen-bond acceptors (Lipinski definition) is 3. The van der Waals surface area contributed by atoms with Crippen molar-refractivity contribution in [2.45, 2.75) is 77.0 Å². The summed E-state index contributed by atoms with van der Waals surface area (Å²) >= 11 is 0. The van der Waals surface area contributed by atoms with Gasteiger partial charge in [-0.2, -0.15) is 0 Å². The van der Waals surface area contributed by atoms with Crippen LogP contribution in [0.15, 0.2) is 0 Å². The van der Waals surface area contributed by atoms with Gasteiger partial charge in [-0.15, -0.1) is 0 Å². The SMILES string of the molecule is O=C1CCC(=O)N1CCCCCCCCCCCCO.